The third-order valence-corrected chi connectivity index (χ3v) is 4.90. The largest absolute Gasteiger partial charge is 0.459 e. The summed E-state index contributed by atoms with van der Waals surface area (Å²) in [5.74, 6) is -2.75. The highest BCUT2D eigenvalue weighted by Gasteiger charge is 2.27. The lowest BCUT2D eigenvalue weighted by Gasteiger charge is -2.28. The lowest BCUT2D eigenvalue weighted by atomic mass is 10.1. The number of hydrogen-bond acceptors (Lipinski definition) is 7. The topological polar surface area (TPSA) is 107 Å². The third kappa shape index (κ3) is 7.47. The van der Waals surface area contributed by atoms with Crippen LogP contribution in [0.5, 0.6) is 0 Å². The molecule has 3 atom stereocenters. The molecule has 0 aromatic heterocycles. The van der Waals surface area contributed by atoms with Crippen LogP contribution in [0.2, 0.25) is 0 Å². The number of benzene rings is 1. The summed E-state index contributed by atoms with van der Waals surface area (Å²) in [6.07, 6.45) is -0.272. The highest BCUT2D eigenvalue weighted by molar-refractivity contribution is 6.00. The first-order valence-electron chi connectivity index (χ1n) is 10.2. The molecule has 2 rings (SSSR count). The molecule has 0 spiro atoms. The van der Waals surface area contributed by atoms with Gasteiger partial charge in [0, 0.05) is 25.5 Å². The van der Waals surface area contributed by atoms with Gasteiger partial charge in [0.25, 0.3) is 0 Å². The smallest absolute Gasteiger partial charge is 0.331 e. The van der Waals surface area contributed by atoms with Crippen LogP contribution < -0.4 is 0 Å². The van der Waals surface area contributed by atoms with Gasteiger partial charge in [0.05, 0.1) is 12.5 Å². The molecule has 0 radical (unpaired) electrons. The number of hydrogen-bond donors (Lipinski definition) is 0. The van der Waals surface area contributed by atoms with E-state index in [2.05, 4.69) is 0 Å². The molecule has 0 saturated heterocycles. The molecule has 1 aliphatic rings. The van der Waals surface area contributed by atoms with Gasteiger partial charge in [-0.3, -0.25) is 19.2 Å². The predicted octanol–water partition coefficient (Wildman–Crippen LogP) is 2.15. The highest BCUT2D eigenvalue weighted by Crippen LogP contribution is 2.14. The minimum Gasteiger partial charge on any atom is -0.459 e. The minimum atomic E-state index is -1.03. The molecule has 0 N–H and O–H groups in total. The summed E-state index contributed by atoms with van der Waals surface area (Å²) < 4.78 is 10.2. The van der Waals surface area contributed by atoms with Crippen molar-refractivity contribution >= 4 is 29.4 Å². The van der Waals surface area contributed by atoms with Crippen molar-refractivity contribution in [2.24, 2.45) is 0 Å². The molecule has 1 amide bonds. The summed E-state index contributed by atoms with van der Waals surface area (Å²) in [6, 6.07) is 8.27. The summed E-state index contributed by atoms with van der Waals surface area (Å²) >= 11 is 0. The van der Waals surface area contributed by atoms with E-state index in [-0.39, 0.29) is 25.8 Å². The van der Waals surface area contributed by atoms with Crippen molar-refractivity contribution in [1.29, 1.82) is 0 Å². The maximum Gasteiger partial charge on any atom is 0.331 e. The van der Waals surface area contributed by atoms with Crippen LogP contribution in [0.1, 0.15) is 45.6 Å². The van der Waals surface area contributed by atoms with Crippen molar-refractivity contribution in [1.82, 2.24) is 4.90 Å². The maximum absolute atomic E-state index is 12.9. The first kappa shape index (κ1) is 24.0. The van der Waals surface area contributed by atoms with Crippen molar-refractivity contribution in [2.75, 3.05) is 0 Å². The fourth-order valence-corrected chi connectivity index (χ4v) is 3.07. The van der Waals surface area contributed by atoms with Crippen molar-refractivity contribution in [3.05, 3.63) is 48.0 Å². The Kier molecular flexibility index (Phi) is 8.66. The van der Waals surface area contributed by atoms with Crippen molar-refractivity contribution < 1.29 is 33.4 Å². The van der Waals surface area contributed by atoms with E-state index in [0.29, 0.717) is 0 Å². The van der Waals surface area contributed by atoms with E-state index in [1.54, 1.807) is 6.92 Å². The zero-order valence-electron chi connectivity index (χ0n) is 17.9. The summed E-state index contributed by atoms with van der Waals surface area (Å²) in [5.41, 5.74) is 0.816. The highest BCUT2D eigenvalue weighted by atomic mass is 16.6. The van der Waals surface area contributed by atoms with Crippen LogP contribution in [0, 0.1) is 0 Å². The molecule has 0 fully saturated rings. The minimum absolute atomic E-state index is 0.125. The molecule has 0 saturated carbocycles. The van der Waals surface area contributed by atoms with Crippen molar-refractivity contribution in [2.45, 2.75) is 64.8 Å². The van der Waals surface area contributed by atoms with Crippen molar-refractivity contribution in [3.8, 4) is 0 Å². The zero-order chi connectivity index (χ0) is 23.0. The number of rotatable bonds is 2. The third-order valence-electron chi connectivity index (χ3n) is 4.90. The van der Waals surface area contributed by atoms with Gasteiger partial charge in [0.15, 0.2) is 17.7 Å². The van der Waals surface area contributed by atoms with Gasteiger partial charge in [-0.25, -0.2) is 4.79 Å². The maximum atomic E-state index is 12.9. The first-order chi connectivity index (χ1) is 14.7. The van der Waals surface area contributed by atoms with Crippen LogP contribution in [0.15, 0.2) is 42.5 Å². The molecule has 8 nitrogen and oxygen atoms in total. The van der Waals surface area contributed by atoms with Crippen LogP contribution in [-0.4, -0.2) is 52.6 Å². The number of ketones is 2. The molecule has 8 heteroatoms. The summed E-state index contributed by atoms with van der Waals surface area (Å²) in [5, 5.41) is 0. The van der Waals surface area contributed by atoms with E-state index in [9.17, 15) is 24.0 Å². The molecule has 1 aromatic carbocycles. The number of Topliss-reactive ketones (excluding diaryl/α,β-unsaturated/α-hetero) is 1. The van der Waals surface area contributed by atoms with Crippen molar-refractivity contribution in [3.63, 3.8) is 0 Å². The molecule has 31 heavy (non-hydrogen) atoms. The molecule has 1 aliphatic heterocycles. The normalized spacial score (nSPS) is 25.7. The molecular weight excluding hydrogens is 402 g/mol. The lowest BCUT2D eigenvalue weighted by molar-refractivity contribution is -0.158. The van der Waals surface area contributed by atoms with Gasteiger partial charge in [-0.1, -0.05) is 30.3 Å². The fourth-order valence-electron chi connectivity index (χ4n) is 3.07. The number of esters is 2. The Bertz CT molecular complexity index is 862. The second-order valence-corrected chi connectivity index (χ2v) is 7.47. The second kappa shape index (κ2) is 11.2. The van der Waals surface area contributed by atoms with Gasteiger partial charge in [0.2, 0.25) is 5.91 Å². The van der Waals surface area contributed by atoms with Gasteiger partial charge in [-0.05, 0) is 32.4 Å². The molecule has 166 valence electrons. The van der Waals surface area contributed by atoms with Crippen LogP contribution in [0.4, 0.5) is 0 Å². The SMILES string of the molecule is CC1CC(=O)O[C@@H](C)C(=O)CCC(=O)N(Cc2ccccc2)[C@@H](C)C(=O)/C=C/C(=O)O1. The standard InChI is InChI=1S/C23H27NO7/c1-15-13-23(29)31-17(3)20(26)9-11-21(27)24(14-18-7-5-4-6-8-18)16(2)19(25)10-12-22(28)30-15/h4-8,10,12,15-17H,9,11,13-14H2,1-3H3/b12-10+/t15?,16-,17-/m0/s1. The monoisotopic (exact) mass is 429 g/mol. The van der Waals surface area contributed by atoms with E-state index in [0.717, 1.165) is 17.7 Å². The number of ether oxygens (including phenoxy) is 2. The number of nitrogens with zero attached hydrogens (tertiary/aromatic N) is 1. The quantitative estimate of drug-likeness (QED) is 0.663. The van der Waals surface area contributed by atoms with Gasteiger partial charge >= 0.3 is 11.9 Å². The Labute approximate surface area is 181 Å². The first-order valence-corrected chi connectivity index (χ1v) is 10.2. The average molecular weight is 429 g/mol. The van der Waals surface area contributed by atoms with E-state index in [1.165, 1.54) is 18.7 Å². The Balaban J connectivity index is 2.28. The van der Waals surface area contributed by atoms with E-state index >= 15 is 0 Å². The Hall–Kier alpha value is -3.29. The van der Waals surface area contributed by atoms with E-state index in [1.807, 2.05) is 30.3 Å². The molecular formula is C23H27NO7. The average Bonchev–Trinajstić information content (AvgIpc) is 2.73. The molecule has 1 aromatic rings. The van der Waals surface area contributed by atoms with E-state index < -0.39 is 47.7 Å². The zero-order valence-corrected chi connectivity index (χ0v) is 17.9. The van der Waals surface area contributed by atoms with Gasteiger partial charge in [-0.15, -0.1) is 0 Å². The Morgan fingerprint density at radius 3 is 2.26 bits per heavy atom. The van der Waals surface area contributed by atoms with Crippen LogP contribution in [0.3, 0.4) is 0 Å². The fraction of sp³-hybridized carbons (Fsp3) is 0.435. The summed E-state index contributed by atoms with van der Waals surface area (Å²) in [6.45, 7) is 4.67. The van der Waals surface area contributed by atoms with Crippen LogP contribution >= 0.6 is 0 Å². The van der Waals surface area contributed by atoms with E-state index in [4.69, 9.17) is 9.47 Å². The molecule has 1 heterocycles. The number of amides is 1. The molecule has 0 aliphatic carbocycles. The number of carbonyl (C=O) groups excluding carboxylic acids is 5. The Morgan fingerprint density at radius 1 is 0.903 bits per heavy atom. The number of carbonyl (C=O) groups is 5. The lowest BCUT2D eigenvalue weighted by Crippen LogP contribution is -2.42. The second-order valence-electron chi connectivity index (χ2n) is 7.47. The molecule has 1 unspecified atom stereocenters. The van der Waals surface area contributed by atoms with Gasteiger partial charge in [-0.2, -0.15) is 0 Å². The van der Waals surface area contributed by atoms with Gasteiger partial charge < -0.3 is 14.4 Å². The van der Waals surface area contributed by atoms with Crippen LogP contribution in [-0.2, 0) is 40.0 Å². The van der Waals surface area contributed by atoms with Gasteiger partial charge in [0.1, 0.15) is 6.10 Å². The Morgan fingerprint density at radius 2 is 1.58 bits per heavy atom. The molecule has 0 bridgehead atoms. The predicted molar refractivity (Wildman–Crippen MR) is 111 cm³/mol. The van der Waals surface area contributed by atoms with Crippen LogP contribution in [0.25, 0.3) is 0 Å². The number of cyclic esters (lactones) is 2. The summed E-state index contributed by atoms with van der Waals surface area (Å²) in [7, 11) is 0. The summed E-state index contributed by atoms with van der Waals surface area (Å²) in [4.78, 5) is 63.1.